The van der Waals surface area contributed by atoms with E-state index in [1.807, 2.05) is 12.1 Å². The molecule has 0 spiro atoms. The molecule has 0 aliphatic carbocycles. The molecular weight excluding hydrogens is 262 g/mol. The second-order valence-corrected chi connectivity index (χ2v) is 4.85. The van der Waals surface area contributed by atoms with E-state index in [4.69, 9.17) is 17.3 Å². The van der Waals surface area contributed by atoms with Crippen molar-refractivity contribution in [3.63, 3.8) is 0 Å². The largest absolute Gasteiger partial charge is 0.397 e. The minimum atomic E-state index is 0.587. The highest BCUT2D eigenvalue weighted by Gasteiger charge is 2.01. The van der Waals surface area contributed by atoms with Crippen molar-refractivity contribution in [2.45, 2.75) is 13.0 Å². The lowest BCUT2D eigenvalue weighted by atomic mass is 10.1. The molecule has 5 heteroatoms. The molecule has 0 saturated heterocycles. The number of nitrogens with zero attached hydrogens (tertiary/aromatic N) is 2. The Bertz CT molecular complexity index is 577. The second-order valence-electron chi connectivity index (χ2n) is 4.85. The molecule has 2 aromatic rings. The van der Waals surface area contributed by atoms with E-state index in [0.717, 1.165) is 17.5 Å². The van der Waals surface area contributed by atoms with Crippen molar-refractivity contribution < 1.29 is 0 Å². The van der Waals surface area contributed by atoms with Crippen LogP contribution < -0.4 is 17.3 Å². The van der Waals surface area contributed by atoms with Crippen LogP contribution in [0.4, 0.5) is 0 Å². The fourth-order valence-electron chi connectivity index (χ4n) is 2.02. The molecule has 5 nitrogen and oxygen atoms in total. The van der Waals surface area contributed by atoms with Crippen LogP contribution in [0.5, 0.6) is 0 Å². The van der Waals surface area contributed by atoms with Crippen molar-refractivity contribution in [1.82, 2.24) is 9.99 Å². The Hall–Kier alpha value is -2.37. The van der Waals surface area contributed by atoms with Gasteiger partial charge in [-0.15, -0.1) is 0 Å². The maximum Gasteiger partial charge on any atom is 0.0586 e. The van der Waals surface area contributed by atoms with Gasteiger partial charge in [-0.25, -0.2) is 5.84 Å². The first-order valence-electron chi connectivity index (χ1n) is 6.86. The van der Waals surface area contributed by atoms with Gasteiger partial charge in [0.25, 0.3) is 0 Å². The summed E-state index contributed by atoms with van der Waals surface area (Å²) in [5.41, 5.74) is 15.3. The Morgan fingerprint density at radius 3 is 2.48 bits per heavy atom. The number of nitrogens with two attached hydrogens (primary N) is 3. The topological polar surface area (TPSA) is 94.2 Å². The molecule has 1 aromatic carbocycles. The van der Waals surface area contributed by atoms with Gasteiger partial charge in [-0.2, -0.15) is 0 Å². The molecule has 21 heavy (non-hydrogen) atoms. The molecule has 0 saturated carbocycles. The van der Waals surface area contributed by atoms with E-state index in [9.17, 15) is 0 Å². The number of benzene rings is 1. The van der Waals surface area contributed by atoms with Crippen LogP contribution in [0.3, 0.4) is 0 Å². The van der Waals surface area contributed by atoms with Gasteiger partial charge in [-0.05, 0) is 36.2 Å². The van der Waals surface area contributed by atoms with E-state index in [2.05, 4.69) is 29.2 Å². The molecule has 0 unspecified atom stereocenters. The van der Waals surface area contributed by atoms with Crippen molar-refractivity contribution in [3.8, 4) is 0 Å². The predicted molar refractivity (Wildman–Crippen MR) is 85.3 cm³/mol. The number of pyridine rings is 1. The summed E-state index contributed by atoms with van der Waals surface area (Å²) in [6.07, 6.45) is 6.02. The van der Waals surface area contributed by atoms with E-state index in [-0.39, 0.29) is 0 Å². The van der Waals surface area contributed by atoms with Gasteiger partial charge in [0.1, 0.15) is 0 Å². The minimum Gasteiger partial charge on any atom is -0.397 e. The third-order valence-corrected chi connectivity index (χ3v) is 3.12. The Kier molecular flexibility index (Phi) is 5.31. The van der Waals surface area contributed by atoms with Crippen LogP contribution in [0.15, 0.2) is 55.0 Å². The first-order valence-corrected chi connectivity index (χ1v) is 6.86. The minimum absolute atomic E-state index is 0.587. The van der Waals surface area contributed by atoms with Gasteiger partial charge in [0, 0.05) is 24.2 Å². The van der Waals surface area contributed by atoms with E-state index in [1.54, 1.807) is 23.6 Å². The average molecular weight is 283 g/mol. The van der Waals surface area contributed by atoms with Crippen LogP contribution in [-0.4, -0.2) is 16.5 Å². The van der Waals surface area contributed by atoms with E-state index in [1.165, 1.54) is 5.56 Å². The van der Waals surface area contributed by atoms with Crippen LogP contribution >= 0.6 is 0 Å². The zero-order valence-corrected chi connectivity index (χ0v) is 11.9. The van der Waals surface area contributed by atoms with Gasteiger partial charge in [-0.3, -0.25) is 4.98 Å². The Morgan fingerprint density at radius 2 is 1.86 bits per heavy atom. The zero-order chi connectivity index (χ0) is 15.1. The summed E-state index contributed by atoms with van der Waals surface area (Å²) < 4.78 is 0. The summed E-state index contributed by atoms with van der Waals surface area (Å²) in [6, 6.07) is 12.0. The SMILES string of the molecule is NCCc1ccc(CN(N)/C=C(\N)c2cccnc2)cc1. The highest BCUT2D eigenvalue weighted by atomic mass is 15.4. The molecule has 0 radical (unpaired) electrons. The summed E-state index contributed by atoms with van der Waals surface area (Å²) in [7, 11) is 0. The summed E-state index contributed by atoms with van der Waals surface area (Å²) in [6.45, 7) is 1.25. The molecule has 6 N–H and O–H groups in total. The predicted octanol–water partition coefficient (Wildman–Crippen LogP) is 1.22. The Morgan fingerprint density at radius 1 is 1.14 bits per heavy atom. The maximum absolute atomic E-state index is 6.00. The van der Waals surface area contributed by atoms with E-state index in [0.29, 0.717) is 18.8 Å². The smallest absolute Gasteiger partial charge is 0.0586 e. The van der Waals surface area contributed by atoms with Crippen LogP contribution in [0.25, 0.3) is 5.70 Å². The number of hydrogen-bond donors (Lipinski definition) is 3. The van der Waals surface area contributed by atoms with Gasteiger partial charge in [0.15, 0.2) is 0 Å². The molecule has 0 amide bonds. The van der Waals surface area contributed by atoms with E-state index >= 15 is 0 Å². The highest BCUT2D eigenvalue weighted by molar-refractivity contribution is 5.61. The molecule has 0 atom stereocenters. The Labute approximate surface area is 125 Å². The lowest BCUT2D eigenvalue weighted by Gasteiger charge is -2.15. The summed E-state index contributed by atoms with van der Waals surface area (Å²) in [5, 5.41) is 1.57. The molecule has 2 rings (SSSR count). The lowest BCUT2D eigenvalue weighted by molar-refractivity contribution is 0.388. The Balaban J connectivity index is 1.99. The van der Waals surface area contributed by atoms with Gasteiger partial charge in [0.2, 0.25) is 0 Å². The van der Waals surface area contributed by atoms with Crippen molar-refractivity contribution in [2.24, 2.45) is 17.3 Å². The highest BCUT2D eigenvalue weighted by Crippen LogP contribution is 2.10. The quantitative estimate of drug-likeness (QED) is 0.547. The second kappa shape index (κ2) is 7.42. The number of hydrazine groups is 1. The molecule has 110 valence electrons. The van der Waals surface area contributed by atoms with Crippen molar-refractivity contribution in [2.75, 3.05) is 6.54 Å². The van der Waals surface area contributed by atoms with Crippen LogP contribution in [0.2, 0.25) is 0 Å². The lowest BCUT2D eigenvalue weighted by Crippen LogP contribution is -2.25. The first kappa shape index (κ1) is 15.0. The number of rotatable bonds is 6. The molecule has 0 fully saturated rings. The third kappa shape index (κ3) is 4.59. The first-order chi connectivity index (χ1) is 10.2. The third-order valence-electron chi connectivity index (χ3n) is 3.12. The van der Waals surface area contributed by atoms with Crippen molar-refractivity contribution in [3.05, 3.63) is 71.7 Å². The standard InChI is InChI=1S/C16H21N5/c17-8-7-13-3-5-14(6-4-13)11-21(19)12-16(18)15-2-1-9-20-10-15/h1-6,9-10,12H,7-8,11,17-19H2/b16-12-. The molecule has 0 aliphatic heterocycles. The molecular formula is C16H21N5. The summed E-state index contributed by atoms with van der Waals surface area (Å²) in [5.74, 6) is 5.98. The van der Waals surface area contributed by atoms with Crippen LogP contribution in [0, 0.1) is 0 Å². The average Bonchev–Trinajstić information content (AvgIpc) is 2.50. The van der Waals surface area contributed by atoms with E-state index < -0.39 is 0 Å². The fraction of sp³-hybridized carbons (Fsp3) is 0.188. The van der Waals surface area contributed by atoms with Gasteiger partial charge in [-0.1, -0.05) is 24.3 Å². The monoisotopic (exact) mass is 283 g/mol. The van der Waals surface area contributed by atoms with Crippen LogP contribution in [-0.2, 0) is 13.0 Å². The molecule has 0 aliphatic rings. The summed E-state index contributed by atoms with van der Waals surface area (Å²) >= 11 is 0. The normalized spacial score (nSPS) is 11.4. The van der Waals surface area contributed by atoms with Gasteiger partial charge >= 0.3 is 0 Å². The maximum atomic E-state index is 6.00. The van der Waals surface area contributed by atoms with Crippen LogP contribution in [0.1, 0.15) is 16.7 Å². The zero-order valence-electron chi connectivity index (χ0n) is 11.9. The fourth-order valence-corrected chi connectivity index (χ4v) is 2.02. The number of aromatic nitrogens is 1. The number of hydrogen-bond acceptors (Lipinski definition) is 5. The molecule has 1 heterocycles. The van der Waals surface area contributed by atoms with Gasteiger partial charge in [0.05, 0.1) is 12.2 Å². The molecule has 1 aromatic heterocycles. The molecule has 0 bridgehead atoms. The van der Waals surface area contributed by atoms with Crippen molar-refractivity contribution >= 4 is 5.70 Å². The van der Waals surface area contributed by atoms with Crippen molar-refractivity contribution in [1.29, 1.82) is 0 Å². The summed E-state index contributed by atoms with van der Waals surface area (Å²) in [4.78, 5) is 4.03. The van der Waals surface area contributed by atoms with Gasteiger partial charge < -0.3 is 16.5 Å².